The fraction of sp³-hybridized carbons (Fsp3) is 0.0278. The molecule has 0 saturated carbocycles. The zero-order valence-electron chi connectivity index (χ0n) is 23.3. The summed E-state index contributed by atoms with van der Waals surface area (Å²) in [6, 6.07) is 41.6. The van der Waals surface area contributed by atoms with Crippen LogP contribution in [0.2, 0.25) is 0 Å². The molecule has 1 aliphatic rings. The Kier molecular flexibility index (Phi) is 8.54. The molecule has 0 bridgehead atoms. The number of anilines is 1. The van der Waals surface area contributed by atoms with E-state index in [1.807, 2.05) is 121 Å². The number of hydrogen-bond donors (Lipinski definition) is 1. The predicted octanol–water partition coefficient (Wildman–Crippen LogP) is 7.58. The molecule has 6 rings (SSSR count). The second kappa shape index (κ2) is 13.0. The number of imide groups is 1. The first-order valence-corrected chi connectivity index (χ1v) is 15.1. The highest BCUT2D eigenvalue weighted by atomic mass is 32.2. The zero-order chi connectivity index (χ0) is 30.5. The molecule has 44 heavy (non-hydrogen) atoms. The minimum absolute atomic E-state index is 0.0257. The van der Waals surface area contributed by atoms with E-state index in [2.05, 4.69) is 10.5 Å². The third-order valence-electron chi connectivity index (χ3n) is 7.12. The number of nitrogens with zero attached hydrogens (tertiary/aromatic N) is 2. The molecule has 5 aromatic carbocycles. The van der Waals surface area contributed by atoms with Gasteiger partial charge in [0, 0.05) is 4.90 Å². The molecule has 1 heterocycles. The highest BCUT2D eigenvalue weighted by molar-refractivity contribution is 8.16. The van der Waals surface area contributed by atoms with E-state index in [9.17, 15) is 14.4 Å². The molecular weight excluding hydrogens is 587 g/mol. The van der Waals surface area contributed by atoms with Gasteiger partial charge in [-0.25, -0.2) is 0 Å². The van der Waals surface area contributed by atoms with E-state index < -0.39 is 17.9 Å². The van der Waals surface area contributed by atoms with Crippen LogP contribution in [0, 0.1) is 0 Å². The summed E-state index contributed by atoms with van der Waals surface area (Å²) >= 11 is 6.73. The number of hydrogen-bond acceptors (Lipinski definition) is 7. The molecule has 0 aromatic heterocycles. The Hall–Kier alpha value is -5.18. The maximum absolute atomic E-state index is 14.1. The van der Waals surface area contributed by atoms with Crippen LogP contribution < -0.4 is 5.43 Å². The van der Waals surface area contributed by atoms with Crippen LogP contribution in [0.4, 0.5) is 5.69 Å². The van der Waals surface area contributed by atoms with Crippen molar-refractivity contribution in [2.45, 2.75) is 10.9 Å². The Labute approximate surface area is 264 Å². The summed E-state index contributed by atoms with van der Waals surface area (Å²) in [5.74, 6) is -0.871. The molecule has 0 spiro atoms. The highest BCUT2D eigenvalue weighted by Crippen LogP contribution is 2.38. The molecule has 0 aliphatic carbocycles. The summed E-state index contributed by atoms with van der Waals surface area (Å²) in [6.07, 6.45) is 0. The third-order valence-corrected chi connectivity index (χ3v) is 8.44. The van der Waals surface area contributed by atoms with Crippen LogP contribution in [0.5, 0.6) is 0 Å². The summed E-state index contributed by atoms with van der Waals surface area (Å²) in [6.45, 7) is 0. The topological polar surface area (TPSA) is 78.8 Å². The van der Waals surface area contributed by atoms with Gasteiger partial charge < -0.3 is 0 Å². The van der Waals surface area contributed by atoms with Gasteiger partial charge in [-0.05, 0) is 52.7 Å². The lowest BCUT2D eigenvalue weighted by Gasteiger charge is -2.27. The smallest absolute Gasteiger partial charge is 0.264 e. The number of fused-ring (bicyclic) bond motifs is 1. The fourth-order valence-corrected chi connectivity index (χ4v) is 6.16. The first-order valence-electron chi connectivity index (χ1n) is 13.8. The molecule has 1 N–H and O–H groups in total. The van der Waals surface area contributed by atoms with Gasteiger partial charge in [-0.3, -0.25) is 24.7 Å². The highest BCUT2D eigenvalue weighted by Gasteiger charge is 2.42. The average molecular weight is 612 g/mol. The summed E-state index contributed by atoms with van der Waals surface area (Å²) in [4.78, 5) is 43.8. The van der Waals surface area contributed by atoms with E-state index in [4.69, 9.17) is 12.2 Å². The van der Waals surface area contributed by atoms with Gasteiger partial charge in [-0.1, -0.05) is 127 Å². The molecular formula is C36H25N3O3S2. The summed E-state index contributed by atoms with van der Waals surface area (Å²) in [5.41, 5.74) is 5.96. The zero-order valence-corrected chi connectivity index (χ0v) is 24.9. The fourth-order valence-electron chi connectivity index (χ4n) is 5.07. The minimum Gasteiger partial charge on any atom is -0.279 e. The van der Waals surface area contributed by atoms with Crippen molar-refractivity contribution in [2.24, 2.45) is 5.10 Å². The normalized spacial score (nSPS) is 12.8. The van der Waals surface area contributed by atoms with E-state index in [0.29, 0.717) is 11.3 Å². The molecule has 6 nitrogen and oxygen atoms in total. The van der Waals surface area contributed by atoms with E-state index in [-0.39, 0.29) is 26.8 Å². The molecule has 1 aliphatic heterocycles. The minimum atomic E-state index is -0.633. The number of benzene rings is 5. The van der Waals surface area contributed by atoms with Crippen molar-refractivity contribution in [3.63, 3.8) is 0 Å². The second-order valence-electron chi connectivity index (χ2n) is 9.90. The number of carbonyl (C=O) groups excluding carboxylic acids is 3. The van der Waals surface area contributed by atoms with Gasteiger partial charge in [-0.2, -0.15) is 5.10 Å². The van der Waals surface area contributed by atoms with Crippen molar-refractivity contribution in [2.75, 3.05) is 5.43 Å². The summed E-state index contributed by atoms with van der Waals surface area (Å²) in [5, 5.41) is 4.10. The molecule has 8 heteroatoms. The van der Waals surface area contributed by atoms with Gasteiger partial charge in [0.25, 0.3) is 11.8 Å². The molecule has 214 valence electrons. The van der Waals surface area contributed by atoms with E-state index in [1.54, 1.807) is 18.2 Å². The maximum atomic E-state index is 14.1. The van der Waals surface area contributed by atoms with Gasteiger partial charge in [0.05, 0.1) is 27.7 Å². The van der Waals surface area contributed by atoms with Crippen molar-refractivity contribution >= 4 is 57.2 Å². The first-order chi connectivity index (χ1) is 21.5. The van der Waals surface area contributed by atoms with Gasteiger partial charge in [0.1, 0.15) is 0 Å². The third kappa shape index (κ3) is 5.86. The Balaban J connectivity index is 1.37. The predicted molar refractivity (Wildman–Crippen MR) is 178 cm³/mol. The molecule has 0 radical (unpaired) electrons. The largest absolute Gasteiger partial charge is 0.279 e. The van der Waals surface area contributed by atoms with Crippen molar-refractivity contribution in [1.29, 1.82) is 0 Å². The number of rotatable bonds is 9. The molecule has 0 saturated heterocycles. The Morgan fingerprint density at radius 1 is 0.682 bits per heavy atom. The SMILES string of the molecule is O=C(Sc1ccccc1)C(=NNc1cccc2c1C(=O)N(C(c1ccccc1)c1ccccc1)C2=O)C(=S)c1ccccc1. The number of amides is 2. The van der Waals surface area contributed by atoms with Crippen molar-refractivity contribution < 1.29 is 14.4 Å². The van der Waals surface area contributed by atoms with Crippen molar-refractivity contribution in [3.8, 4) is 0 Å². The van der Waals surface area contributed by atoms with Gasteiger partial charge in [0.2, 0.25) is 5.12 Å². The lowest BCUT2D eigenvalue weighted by molar-refractivity contribution is -0.105. The summed E-state index contributed by atoms with van der Waals surface area (Å²) in [7, 11) is 0. The lowest BCUT2D eigenvalue weighted by atomic mass is 9.97. The number of nitrogens with one attached hydrogen (secondary N) is 1. The number of thiocarbonyl (C=S) groups is 1. The van der Waals surface area contributed by atoms with Crippen LogP contribution in [-0.4, -0.2) is 32.4 Å². The number of hydrazone groups is 1. The van der Waals surface area contributed by atoms with Crippen LogP contribution >= 0.6 is 24.0 Å². The molecule has 2 amide bonds. The van der Waals surface area contributed by atoms with Crippen LogP contribution in [-0.2, 0) is 4.79 Å². The standard InChI is InChI=1S/C36H25N3O3S2/c40-34-28-22-13-23-29(30(28)35(41)39(34)32(24-14-5-1-6-15-24)25-16-7-2-8-17-25)37-38-31(33(43)26-18-9-3-10-19-26)36(42)44-27-20-11-4-12-21-27/h1-23,32,37H. The molecule has 0 fully saturated rings. The van der Waals surface area contributed by atoms with Gasteiger partial charge in [-0.15, -0.1) is 0 Å². The van der Waals surface area contributed by atoms with Crippen LogP contribution in [0.1, 0.15) is 43.4 Å². The van der Waals surface area contributed by atoms with Gasteiger partial charge in [0.15, 0.2) is 5.71 Å². The molecule has 0 atom stereocenters. The summed E-state index contributed by atoms with van der Waals surface area (Å²) < 4.78 is 0. The lowest BCUT2D eigenvalue weighted by Crippen LogP contribution is -2.34. The van der Waals surface area contributed by atoms with Crippen LogP contribution in [0.25, 0.3) is 0 Å². The quantitative estimate of drug-likeness (QED) is 0.0463. The number of thioether (sulfide) groups is 1. The van der Waals surface area contributed by atoms with Crippen LogP contribution in [0.15, 0.2) is 150 Å². The number of carbonyl (C=O) groups is 3. The van der Waals surface area contributed by atoms with E-state index in [1.165, 1.54) is 4.90 Å². The van der Waals surface area contributed by atoms with Crippen molar-refractivity contribution in [1.82, 2.24) is 4.90 Å². The Morgan fingerprint density at radius 2 is 1.23 bits per heavy atom. The monoisotopic (exact) mass is 611 g/mol. The van der Waals surface area contributed by atoms with E-state index >= 15 is 0 Å². The van der Waals surface area contributed by atoms with E-state index in [0.717, 1.165) is 27.8 Å². The molecule has 5 aromatic rings. The first kappa shape index (κ1) is 28.9. The average Bonchev–Trinajstić information content (AvgIpc) is 3.32. The van der Waals surface area contributed by atoms with Gasteiger partial charge >= 0.3 is 0 Å². The van der Waals surface area contributed by atoms with Crippen molar-refractivity contribution in [3.05, 3.63) is 167 Å². The maximum Gasteiger partial charge on any atom is 0.264 e. The Bertz CT molecular complexity index is 1840. The van der Waals surface area contributed by atoms with Crippen LogP contribution in [0.3, 0.4) is 0 Å². The molecule has 0 unspecified atom stereocenters. The Morgan fingerprint density at radius 3 is 1.82 bits per heavy atom. The second-order valence-corrected chi connectivity index (χ2v) is 11.4.